The van der Waals surface area contributed by atoms with Crippen LogP contribution in [-0.4, -0.2) is 26.3 Å². The maximum absolute atomic E-state index is 13.5. The van der Waals surface area contributed by atoms with Crippen molar-refractivity contribution < 1.29 is 13.5 Å². The molecule has 4 heteroatoms. The monoisotopic (exact) mass is 257 g/mol. The first-order valence-corrected chi connectivity index (χ1v) is 6.33. The van der Waals surface area contributed by atoms with Gasteiger partial charge in [0.25, 0.3) is 0 Å². The maximum Gasteiger partial charge on any atom is 0.129 e. The summed E-state index contributed by atoms with van der Waals surface area (Å²) in [5.41, 5.74) is 0.555. The Kier molecular flexibility index (Phi) is 6.83. The molecule has 0 aliphatic rings. The molecule has 0 radical (unpaired) electrons. The van der Waals surface area contributed by atoms with Gasteiger partial charge in [-0.15, -0.1) is 0 Å². The zero-order valence-corrected chi connectivity index (χ0v) is 11.0. The third kappa shape index (κ3) is 5.10. The van der Waals surface area contributed by atoms with E-state index in [2.05, 4.69) is 5.32 Å². The number of methoxy groups -OCH3 is 1. The van der Waals surface area contributed by atoms with Crippen molar-refractivity contribution in [1.29, 1.82) is 0 Å². The van der Waals surface area contributed by atoms with Crippen LogP contribution in [0.3, 0.4) is 0 Å². The molecular weight excluding hydrogens is 236 g/mol. The third-order valence-electron chi connectivity index (χ3n) is 2.88. The van der Waals surface area contributed by atoms with Gasteiger partial charge in [0.2, 0.25) is 0 Å². The van der Waals surface area contributed by atoms with Gasteiger partial charge in [-0.25, -0.2) is 8.78 Å². The molecule has 0 heterocycles. The normalized spacial score (nSPS) is 12.7. The average Bonchev–Trinajstić information content (AvgIpc) is 2.33. The highest BCUT2D eigenvalue weighted by Crippen LogP contribution is 2.13. The summed E-state index contributed by atoms with van der Waals surface area (Å²) in [5.74, 6) is -1.000. The Morgan fingerprint density at radius 3 is 2.72 bits per heavy atom. The van der Waals surface area contributed by atoms with Crippen molar-refractivity contribution in [2.75, 3.05) is 20.3 Å². The van der Waals surface area contributed by atoms with Gasteiger partial charge >= 0.3 is 0 Å². The van der Waals surface area contributed by atoms with E-state index in [1.165, 1.54) is 12.1 Å². The van der Waals surface area contributed by atoms with Crippen molar-refractivity contribution in [2.45, 2.75) is 32.2 Å². The molecule has 0 aromatic heterocycles. The Hall–Kier alpha value is -1.00. The summed E-state index contributed by atoms with van der Waals surface area (Å²) in [4.78, 5) is 0. The van der Waals surface area contributed by atoms with E-state index in [0.29, 0.717) is 18.6 Å². The molecule has 0 saturated heterocycles. The minimum atomic E-state index is -0.532. The molecule has 0 aliphatic carbocycles. The van der Waals surface area contributed by atoms with E-state index in [1.54, 1.807) is 7.11 Å². The second-order valence-electron chi connectivity index (χ2n) is 4.33. The fraction of sp³-hybridized carbons (Fsp3) is 0.571. The van der Waals surface area contributed by atoms with Gasteiger partial charge in [0.15, 0.2) is 0 Å². The molecule has 18 heavy (non-hydrogen) atoms. The lowest BCUT2D eigenvalue weighted by Gasteiger charge is -2.18. The first-order valence-electron chi connectivity index (χ1n) is 6.33. The highest BCUT2D eigenvalue weighted by Gasteiger charge is 2.11. The standard InChI is InChI=1S/C14H21F2NO/c1-3-17-13(5-4-8-18-2)9-11-6-7-12(15)10-14(11)16/h6-7,10,13,17H,3-5,8-9H2,1-2H3. The van der Waals surface area contributed by atoms with Crippen LogP contribution < -0.4 is 5.32 Å². The SMILES string of the molecule is CCNC(CCCOC)Cc1ccc(F)cc1F. The molecule has 1 atom stereocenters. The minimum Gasteiger partial charge on any atom is -0.385 e. The van der Waals surface area contributed by atoms with Crippen molar-refractivity contribution >= 4 is 0 Å². The topological polar surface area (TPSA) is 21.3 Å². The average molecular weight is 257 g/mol. The summed E-state index contributed by atoms with van der Waals surface area (Å²) in [5, 5.41) is 3.32. The number of halogens is 2. The van der Waals surface area contributed by atoms with Gasteiger partial charge in [0.1, 0.15) is 11.6 Å². The molecule has 2 nitrogen and oxygen atoms in total. The molecule has 1 N–H and O–H groups in total. The summed E-state index contributed by atoms with van der Waals surface area (Å²) >= 11 is 0. The second kappa shape index (κ2) is 8.16. The van der Waals surface area contributed by atoms with Gasteiger partial charge in [0, 0.05) is 25.8 Å². The summed E-state index contributed by atoms with van der Waals surface area (Å²) in [6.45, 7) is 3.55. The number of benzene rings is 1. The Morgan fingerprint density at radius 1 is 1.33 bits per heavy atom. The number of ether oxygens (including phenoxy) is 1. The van der Waals surface area contributed by atoms with Crippen LogP contribution in [0, 0.1) is 11.6 Å². The molecule has 0 fully saturated rings. The van der Waals surface area contributed by atoms with Gasteiger partial charge in [-0.2, -0.15) is 0 Å². The number of hydrogen-bond acceptors (Lipinski definition) is 2. The van der Waals surface area contributed by atoms with E-state index in [9.17, 15) is 8.78 Å². The first-order chi connectivity index (χ1) is 8.67. The van der Waals surface area contributed by atoms with Crippen molar-refractivity contribution in [1.82, 2.24) is 5.32 Å². The van der Waals surface area contributed by atoms with Crippen LogP contribution in [-0.2, 0) is 11.2 Å². The zero-order chi connectivity index (χ0) is 13.4. The summed E-state index contributed by atoms with van der Waals surface area (Å²) in [7, 11) is 1.67. The summed E-state index contributed by atoms with van der Waals surface area (Å²) in [6.07, 6.45) is 2.42. The third-order valence-corrected chi connectivity index (χ3v) is 2.88. The van der Waals surface area contributed by atoms with E-state index in [4.69, 9.17) is 4.74 Å². The van der Waals surface area contributed by atoms with E-state index < -0.39 is 11.6 Å². The number of rotatable bonds is 8. The number of nitrogens with one attached hydrogen (secondary N) is 1. The molecule has 0 spiro atoms. The van der Waals surface area contributed by atoms with Gasteiger partial charge < -0.3 is 10.1 Å². The van der Waals surface area contributed by atoms with Crippen molar-refractivity contribution in [3.05, 3.63) is 35.4 Å². The molecule has 1 aromatic carbocycles. The second-order valence-corrected chi connectivity index (χ2v) is 4.33. The van der Waals surface area contributed by atoms with Gasteiger partial charge in [-0.3, -0.25) is 0 Å². The van der Waals surface area contributed by atoms with Crippen LogP contribution in [0.5, 0.6) is 0 Å². The highest BCUT2D eigenvalue weighted by atomic mass is 19.1. The molecule has 1 unspecified atom stereocenters. The van der Waals surface area contributed by atoms with Crippen LogP contribution in [0.4, 0.5) is 8.78 Å². The molecule has 102 valence electrons. The van der Waals surface area contributed by atoms with Crippen LogP contribution in [0.2, 0.25) is 0 Å². The Labute approximate surface area is 107 Å². The predicted molar refractivity (Wildman–Crippen MR) is 68.6 cm³/mol. The Bertz CT molecular complexity index is 358. The molecular formula is C14H21F2NO. The Balaban J connectivity index is 2.58. The molecule has 0 saturated carbocycles. The van der Waals surface area contributed by atoms with Crippen molar-refractivity contribution in [3.63, 3.8) is 0 Å². The first kappa shape index (κ1) is 15.1. The van der Waals surface area contributed by atoms with E-state index in [-0.39, 0.29) is 6.04 Å². The number of likely N-dealkylation sites (N-methyl/N-ethyl adjacent to an activating group) is 1. The van der Waals surface area contributed by atoms with Crippen LogP contribution in [0.25, 0.3) is 0 Å². The van der Waals surface area contributed by atoms with E-state index in [1.807, 2.05) is 6.92 Å². The predicted octanol–water partition coefficient (Wildman–Crippen LogP) is 2.91. The van der Waals surface area contributed by atoms with Gasteiger partial charge in [-0.1, -0.05) is 13.0 Å². The van der Waals surface area contributed by atoms with Gasteiger partial charge in [-0.05, 0) is 37.4 Å². The van der Waals surface area contributed by atoms with E-state index >= 15 is 0 Å². The highest BCUT2D eigenvalue weighted by molar-refractivity contribution is 5.19. The molecule has 1 aromatic rings. The fourth-order valence-electron chi connectivity index (χ4n) is 1.99. The fourth-order valence-corrected chi connectivity index (χ4v) is 1.99. The maximum atomic E-state index is 13.5. The summed E-state index contributed by atoms with van der Waals surface area (Å²) < 4.78 is 31.4. The van der Waals surface area contributed by atoms with E-state index in [0.717, 1.165) is 25.5 Å². The van der Waals surface area contributed by atoms with Crippen LogP contribution >= 0.6 is 0 Å². The van der Waals surface area contributed by atoms with Crippen molar-refractivity contribution in [3.8, 4) is 0 Å². The lowest BCUT2D eigenvalue weighted by Crippen LogP contribution is -2.31. The quantitative estimate of drug-likeness (QED) is 0.723. The molecule has 0 amide bonds. The zero-order valence-electron chi connectivity index (χ0n) is 11.0. The lowest BCUT2D eigenvalue weighted by molar-refractivity contribution is 0.188. The molecule has 0 bridgehead atoms. The minimum absolute atomic E-state index is 0.199. The molecule has 0 aliphatic heterocycles. The van der Waals surface area contributed by atoms with Crippen LogP contribution in [0.15, 0.2) is 18.2 Å². The van der Waals surface area contributed by atoms with Crippen molar-refractivity contribution in [2.24, 2.45) is 0 Å². The Morgan fingerprint density at radius 2 is 2.11 bits per heavy atom. The molecule has 1 rings (SSSR count). The largest absolute Gasteiger partial charge is 0.385 e. The summed E-state index contributed by atoms with van der Waals surface area (Å²) in [6, 6.07) is 3.96. The number of hydrogen-bond donors (Lipinski definition) is 1. The lowest BCUT2D eigenvalue weighted by atomic mass is 10.0. The smallest absolute Gasteiger partial charge is 0.129 e. The van der Waals surface area contributed by atoms with Gasteiger partial charge in [0.05, 0.1) is 0 Å². The van der Waals surface area contributed by atoms with Crippen LogP contribution in [0.1, 0.15) is 25.3 Å².